The quantitative estimate of drug-likeness (QED) is 0.0502. The molecule has 9 rings (SSSR count). The van der Waals surface area contributed by atoms with E-state index in [1.807, 2.05) is 49.2 Å². The Hall–Kier alpha value is -7.27. The molecule has 5 aromatic rings. The average Bonchev–Trinajstić information content (AvgIpc) is 3.89. The van der Waals surface area contributed by atoms with Crippen LogP contribution in [0.1, 0.15) is 111 Å². The van der Waals surface area contributed by atoms with Crippen molar-refractivity contribution in [1.82, 2.24) is 20.2 Å². The third-order valence-corrected chi connectivity index (χ3v) is 13.2. The van der Waals surface area contributed by atoms with E-state index in [0.717, 1.165) is 61.8 Å². The fourth-order valence-electron chi connectivity index (χ4n) is 9.65. The summed E-state index contributed by atoms with van der Waals surface area (Å²) in [7, 11) is 0. The lowest BCUT2D eigenvalue weighted by Crippen LogP contribution is -2.54. The second-order valence-corrected chi connectivity index (χ2v) is 18.7. The molecule has 3 aromatic carbocycles. The Morgan fingerprint density at radius 2 is 1.55 bits per heavy atom. The number of imide groups is 2. The Labute approximate surface area is 411 Å². The molecule has 4 aliphatic rings. The number of hydrogen-bond acceptors (Lipinski definition) is 13. The Morgan fingerprint density at radius 3 is 2.32 bits per heavy atom. The highest BCUT2D eigenvalue weighted by Crippen LogP contribution is 2.46. The van der Waals surface area contributed by atoms with Gasteiger partial charge in [0.25, 0.3) is 11.8 Å². The minimum atomic E-state index is -1.01. The molecule has 0 bridgehead atoms. The molecule has 0 aliphatic carbocycles. The topological polar surface area (TPSA) is 201 Å². The van der Waals surface area contributed by atoms with E-state index in [0.29, 0.717) is 68.7 Å². The molecule has 1 N–H and O–H groups in total. The number of aryl methyl sites for hydroxylation is 1. The number of benzene rings is 3. The first-order valence-corrected chi connectivity index (χ1v) is 24.1. The van der Waals surface area contributed by atoms with Crippen molar-refractivity contribution in [2.75, 3.05) is 51.1 Å². The molecule has 16 nitrogen and oxygen atoms in total. The molecule has 366 valence electrons. The summed E-state index contributed by atoms with van der Waals surface area (Å²) in [6.45, 7) is 6.27. The predicted molar refractivity (Wildman–Crippen MR) is 259 cm³/mol. The molecule has 0 saturated carbocycles. The first-order valence-electron chi connectivity index (χ1n) is 24.1. The molecule has 16 heteroatoms. The van der Waals surface area contributed by atoms with Crippen molar-refractivity contribution in [3.05, 3.63) is 142 Å². The number of carbonyl (C=O) groups excluding carboxylic acids is 7. The monoisotopic (exact) mass is 961 g/mol. The number of hydrogen-bond donors (Lipinski definition) is 1. The van der Waals surface area contributed by atoms with Gasteiger partial charge in [0, 0.05) is 104 Å². The van der Waals surface area contributed by atoms with E-state index in [-0.39, 0.29) is 68.5 Å². The van der Waals surface area contributed by atoms with Gasteiger partial charge in [0.05, 0.1) is 37.6 Å². The molecule has 2 saturated heterocycles. The fourth-order valence-corrected chi connectivity index (χ4v) is 9.65. The highest BCUT2D eigenvalue weighted by atomic mass is 16.5. The maximum Gasteiger partial charge on any atom is 0.262 e. The lowest BCUT2D eigenvalue weighted by atomic mass is 9.86. The van der Waals surface area contributed by atoms with Crippen LogP contribution in [0, 0.1) is 0 Å². The zero-order chi connectivity index (χ0) is 49.6. The third-order valence-electron chi connectivity index (χ3n) is 13.2. The summed E-state index contributed by atoms with van der Waals surface area (Å²) in [6.07, 6.45) is 8.88. The van der Waals surface area contributed by atoms with Crippen molar-refractivity contribution >= 4 is 46.8 Å². The zero-order valence-corrected chi connectivity index (χ0v) is 39.8. The summed E-state index contributed by atoms with van der Waals surface area (Å²) >= 11 is 0. The van der Waals surface area contributed by atoms with E-state index in [1.54, 1.807) is 54.9 Å². The Bertz CT molecular complexity index is 2910. The molecular weight excluding hydrogens is 907 g/mol. The van der Waals surface area contributed by atoms with Gasteiger partial charge in [-0.15, -0.1) is 0 Å². The van der Waals surface area contributed by atoms with Gasteiger partial charge in [-0.25, -0.2) is 0 Å². The van der Waals surface area contributed by atoms with Gasteiger partial charge < -0.3 is 23.8 Å². The SMILES string of the molecule is CC1(C)Oc2cc(N3CCCC3=O)ccc2-c2cnc(Cc3cncc(CC(=O)c4ccc(CC(=O)COCCOCCOCCCc5cccc6c5C(=O)N(C5CCC(=O)NC5=O)C6=O)cc4)c3)cc21. The molecule has 0 spiro atoms. The Morgan fingerprint density at radius 1 is 0.775 bits per heavy atom. The number of pyridine rings is 2. The second-order valence-electron chi connectivity index (χ2n) is 18.7. The molecule has 0 radical (unpaired) electrons. The number of rotatable bonds is 21. The van der Waals surface area contributed by atoms with Crippen molar-refractivity contribution in [2.24, 2.45) is 0 Å². The molecule has 1 atom stereocenters. The van der Waals surface area contributed by atoms with Crippen LogP contribution in [-0.2, 0) is 64.7 Å². The summed E-state index contributed by atoms with van der Waals surface area (Å²) in [4.78, 5) is 101. The van der Waals surface area contributed by atoms with Crippen molar-refractivity contribution in [2.45, 2.75) is 83.3 Å². The van der Waals surface area contributed by atoms with Crippen LogP contribution in [-0.4, -0.2) is 108 Å². The first-order chi connectivity index (χ1) is 34.3. The largest absolute Gasteiger partial charge is 0.482 e. The van der Waals surface area contributed by atoms with Crippen molar-refractivity contribution < 1.29 is 52.5 Å². The van der Waals surface area contributed by atoms with E-state index in [2.05, 4.69) is 16.4 Å². The van der Waals surface area contributed by atoms with E-state index in [4.69, 9.17) is 23.9 Å². The second kappa shape index (κ2) is 21.4. The first kappa shape index (κ1) is 48.7. The van der Waals surface area contributed by atoms with E-state index < -0.39 is 35.3 Å². The molecule has 4 aliphatic heterocycles. The van der Waals surface area contributed by atoms with Crippen molar-refractivity contribution in [1.29, 1.82) is 0 Å². The summed E-state index contributed by atoms with van der Waals surface area (Å²) < 4.78 is 23.3. The number of ketones is 2. The van der Waals surface area contributed by atoms with Gasteiger partial charge in [0.1, 0.15) is 24.0 Å². The van der Waals surface area contributed by atoms with Gasteiger partial charge in [-0.1, -0.05) is 42.5 Å². The van der Waals surface area contributed by atoms with Gasteiger partial charge >= 0.3 is 0 Å². The summed E-state index contributed by atoms with van der Waals surface area (Å²) in [6, 6.07) is 21.1. The molecular formula is C55H55N5O11. The number of aromatic nitrogens is 2. The van der Waals surface area contributed by atoms with E-state index >= 15 is 0 Å². The summed E-state index contributed by atoms with van der Waals surface area (Å²) in [5.41, 5.74) is 8.29. The van der Waals surface area contributed by atoms with Gasteiger partial charge in [-0.2, -0.15) is 0 Å². The minimum Gasteiger partial charge on any atom is -0.482 e. The third kappa shape index (κ3) is 11.0. The van der Waals surface area contributed by atoms with Gasteiger partial charge in [0.2, 0.25) is 17.7 Å². The zero-order valence-electron chi connectivity index (χ0n) is 39.8. The Kier molecular flexibility index (Phi) is 14.7. The maximum absolute atomic E-state index is 13.3. The highest BCUT2D eigenvalue weighted by molar-refractivity contribution is 6.24. The van der Waals surface area contributed by atoms with Crippen molar-refractivity contribution in [3.8, 4) is 16.9 Å². The number of anilines is 1. The predicted octanol–water partition coefficient (Wildman–Crippen LogP) is 6.11. The number of fused-ring (bicyclic) bond motifs is 4. The lowest BCUT2D eigenvalue weighted by Gasteiger charge is -2.35. The van der Waals surface area contributed by atoms with Crippen LogP contribution in [0.15, 0.2) is 91.4 Å². The van der Waals surface area contributed by atoms with Crippen LogP contribution >= 0.6 is 0 Å². The van der Waals surface area contributed by atoms with Gasteiger partial charge in [-0.05, 0) is 86.1 Å². The summed E-state index contributed by atoms with van der Waals surface area (Å²) in [5, 5.41) is 2.21. The standard InChI is InChI=1S/C55H55N5O11/c1-55(2)45-28-39(57-32-44(45)42-15-14-40(29-48(42)71-55)59-18-4-9-50(59)64)25-35-24-36(31-56-30-35)27-47(62)37-12-10-34(11-13-37)26-41(61)33-70-23-22-69-21-20-68-19-5-7-38-6-3-8-43-51(38)54(67)60(53(43)66)46-16-17-49(63)58-52(46)65/h3,6,8,10-15,24,28-32,46H,4-5,7,9,16-23,25-27,33H2,1-2H3,(H,58,63,65). The number of nitrogens with zero attached hydrogens (tertiary/aromatic N) is 4. The van der Waals surface area contributed by atoms with Crippen LogP contribution in [0.3, 0.4) is 0 Å². The average molecular weight is 962 g/mol. The van der Waals surface area contributed by atoms with Crippen molar-refractivity contribution in [3.63, 3.8) is 0 Å². The van der Waals surface area contributed by atoms with E-state index in [9.17, 15) is 33.6 Å². The highest BCUT2D eigenvalue weighted by Gasteiger charge is 2.45. The lowest BCUT2D eigenvalue weighted by molar-refractivity contribution is -0.136. The number of piperidine rings is 1. The number of carbonyl (C=O) groups is 7. The smallest absolute Gasteiger partial charge is 0.262 e. The van der Waals surface area contributed by atoms with Crippen LogP contribution in [0.25, 0.3) is 11.1 Å². The van der Waals surface area contributed by atoms with Crippen LogP contribution in [0.5, 0.6) is 5.75 Å². The van der Waals surface area contributed by atoms with Crippen LogP contribution in [0.2, 0.25) is 0 Å². The molecule has 1 unspecified atom stereocenters. The van der Waals surface area contributed by atoms with Crippen LogP contribution in [0.4, 0.5) is 5.69 Å². The molecule has 5 amide bonds. The molecule has 2 fully saturated rings. The van der Waals surface area contributed by atoms with Crippen LogP contribution < -0.4 is 15.0 Å². The normalized spacial score (nSPS) is 16.9. The Balaban J connectivity index is 0.658. The molecule has 6 heterocycles. The minimum absolute atomic E-state index is 0.0603. The number of ether oxygens (including phenoxy) is 4. The summed E-state index contributed by atoms with van der Waals surface area (Å²) in [5.74, 6) is -1.42. The van der Waals surface area contributed by atoms with E-state index in [1.165, 1.54) is 0 Å². The fraction of sp³-hybridized carbons (Fsp3) is 0.364. The van der Waals surface area contributed by atoms with Gasteiger partial charge in [-0.3, -0.25) is 53.7 Å². The number of amides is 5. The molecule has 71 heavy (non-hydrogen) atoms. The molecule has 2 aromatic heterocycles. The number of nitrogens with one attached hydrogen (secondary N) is 1. The maximum atomic E-state index is 13.3. The van der Waals surface area contributed by atoms with Gasteiger partial charge in [0.15, 0.2) is 11.6 Å². The number of Topliss-reactive ketones (excluding diaryl/α,β-unsaturated/α-hetero) is 2.